The smallest absolute Gasteiger partial charge is 0.221 e. The number of aliphatic imine (C=N–C) groups is 1. The summed E-state index contributed by atoms with van der Waals surface area (Å²) < 4.78 is 6.06. The predicted molar refractivity (Wildman–Crippen MR) is 124 cm³/mol. The molecule has 1 saturated heterocycles. The van der Waals surface area contributed by atoms with Crippen LogP contribution >= 0.6 is 0 Å². The quantitative estimate of drug-likeness (QED) is 0.331. The highest BCUT2D eigenvalue weighted by Gasteiger charge is 2.19. The lowest BCUT2D eigenvalue weighted by Crippen LogP contribution is -2.36. The largest absolute Gasteiger partial charge is 0.475 e. The van der Waals surface area contributed by atoms with Gasteiger partial charge in [-0.15, -0.1) is 0 Å². The van der Waals surface area contributed by atoms with Gasteiger partial charge in [-0.2, -0.15) is 0 Å². The van der Waals surface area contributed by atoms with Crippen LogP contribution < -0.4 is 0 Å². The van der Waals surface area contributed by atoms with Crippen molar-refractivity contribution in [3.05, 3.63) is 65.2 Å². The van der Waals surface area contributed by atoms with Crippen LogP contribution in [0.25, 0.3) is 0 Å². The second-order valence-corrected chi connectivity index (χ2v) is 8.51. The summed E-state index contributed by atoms with van der Waals surface area (Å²) in [4.78, 5) is 19.0. The van der Waals surface area contributed by atoms with E-state index in [2.05, 4.69) is 30.1 Å². The van der Waals surface area contributed by atoms with Crippen LogP contribution in [0.2, 0.25) is 0 Å². The van der Waals surface area contributed by atoms with Crippen LogP contribution in [0.4, 0.5) is 5.69 Å². The second kappa shape index (κ2) is 10.5. The van der Waals surface area contributed by atoms with Gasteiger partial charge in [0.25, 0.3) is 0 Å². The molecule has 1 fully saturated rings. The third-order valence-electron chi connectivity index (χ3n) is 5.77. The van der Waals surface area contributed by atoms with Crippen molar-refractivity contribution >= 4 is 17.4 Å². The van der Waals surface area contributed by atoms with Gasteiger partial charge in [-0.05, 0) is 83.8 Å². The zero-order valence-electron chi connectivity index (χ0n) is 18.7. The van der Waals surface area contributed by atoms with E-state index in [9.17, 15) is 4.79 Å². The molecule has 1 heterocycles. The number of ketones is 1. The molecule has 1 aliphatic heterocycles. The number of rotatable bonds is 7. The minimum atomic E-state index is 0.0132. The van der Waals surface area contributed by atoms with Crippen LogP contribution in [0, 0.1) is 0 Å². The number of aryl methyl sites for hydroxylation is 1. The number of Topliss-reactive ketones (excluding diaryl/α,β-unsaturated/α-hetero) is 1. The Morgan fingerprint density at radius 3 is 2.47 bits per heavy atom. The predicted octanol–water partition coefficient (Wildman–Crippen LogP) is 5.81. The van der Waals surface area contributed by atoms with Gasteiger partial charge < -0.3 is 9.64 Å². The van der Waals surface area contributed by atoms with E-state index in [1.165, 1.54) is 31.4 Å². The van der Waals surface area contributed by atoms with Crippen LogP contribution in [0.15, 0.2) is 53.5 Å². The molecule has 160 valence electrons. The summed E-state index contributed by atoms with van der Waals surface area (Å²) >= 11 is 0. The fourth-order valence-corrected chi connectivity index (χ4v) is 4.00. The van der Waals surface area contributed by atoms with E-state index in [0.29, 0.717) is 17.5 Å². The van der Waals surface area contributed by atoms with Gasteiger partial charge in [0, 0.05) is 17.2 Å². The van der Waals surface area contributed by atoms with Crippen LogP contribution in [0.3, 0.4) is 0 Å². The standard InChI is InChI=1S/C26H34N2O2/c1-19(2)30-26(23-14-12-21(13-15-23)20(3)29)27-25-11-6-5-9-22(25)16-17-24-10-7-8-18-28(24)4/h5-6,9,11-15,19,24H,7-8,10,16-18H2,1-4H3. The normalized spacial score (nSPS) is 17.9. The summed E-state index contributed by atoms with van der Waals surface area (Å²) in [5, 5.41) is 0. The van der Waals surface area contributed by atoms with Crippen LogP contribution in [-0.4, -0.2) is 42.3 Å². The number of nitrogens with zero attached hydrogens (tertiary/aromatic N) is 2. The van der Waals surface area contributed by atoms with E-state index in [1.807, 2.05) is 44.2 Å². The number of carbonyl (C=O) groups is 1. The Kier molecular flexibility index (Phi) is 7.81. The molecule has 2 aromatic carbocycles. The van der Waals surface area contributed by atoms with E-state index in [-0.39, 0.29) is 11.9 Å². The summed E-state index contributed by atoms with van der Waals surface area (Å²) in [6, 6.07) is 16.5. The van der Waals surface area contributed by atoms with Gasteiger partial charge in [0.15, 0.2) is 5.78 Å². The van der Waals surface area contributed by atoms with E-state index in [4.69, 9.17) is 9.73 Å². The number of hydrogen-bond acceptors (Lipinski definition) is 4. The van der Waals surface area contributed by atoms with Crippen LogP contribution in [0.1, 0.15) is 67.9 Å². The number of ether oxygens (including phenoxy) is 1. The van der Waals surface area contributed by atoms with Gasteiger partial charge in [0.1, 0.15) is 0 Å². The third-order valence-corrected chi connectivity index (χ3v) is 5.77. The lowest BCUT2D eigenvalue weighted by Gasteiger charge is -2.32. The summed E-state index contributed by atoms with van der Waals surface area (Å²) in [7, 11) is 2.24. The number of hydrogen-bond donors (Lipinski definition) is 0. The average Bonchev–Trinajstić information content (AvgIpc) is 2.73. The topological polar surface area (TPSA) is 41.9 Å². The molecule has 0 radical (unpaired) electrons. The highest BCUT2D eigenvalue weighted by molar-refractivity contribution is 5.98. The molecule has 1 aliphatic rings. The minimum Gasteiger partial charge on any atom is -0.475 e. The van der Waals surface area contributed by atoms with Crippen molar-refractivity contribution in [2.75, 3.05) is 13.6 Å². The Balaban J connectivity index is 1.84. The first-order valence-corrected chi connectivity index (χ1v) is 11.1. The molecule has 4 nitrogen and oxygen atoms in total. The van der Waals surface area contributed by atoms with Crippen molar-refractivity contribution in [1.29, 1.82) is 0 Å². The molecule has 0 spiro atoms. The first-order valence-electron chi connectivity index (χ1n) is 11.1. The van der Waals surface area contributed by atoms with Crippen LogP contribution in [-0.2, 0) is 11.2 Å². The highest BCUT2D eigenvalue weighted by Crippen LogP contribution is 2.26. The van der Waals surface area contributed by atoms with Gasteiger partial charge in [0.2, 0.25) is 5.90 Å². The molecule has 0 aromatic heterocycles. The first-order chi connectivity index (χ1) is 14.4. The Bertz CT molecular complexity index is 871. The van der Waals surface area contributed by atoms with Gasteiger partial charge in [-0.25, -0.2) is 4.99 Å². The number of para-hydroxylation sites is 1. The molecule has 4 heteroatoms. The zero-order chi connectivity index (χ0) is 21.5. The molecular formula is C26H34N2O2. The van der Waals surface area contributed by atoms with E-state index >= 15 is 0 Å². The van der Waals surface area contributed by atoms with E-state index in [0.717, 1.165) is 24.1 Å². The molecule has 30 heavy (non-hydrogen) atoms. The summed E-state index contributed by atoms with van der Waals surface area (Å²) in [6.45, 7) is 6.79. The summed E-state index contributed by atoms with van der Waals surface area (Å²) in [6.07, 6.45) is 6.10. The molecule has 3 rings (SSSR count). The molecule has 0 aliphatic carbocycles. The number of piperidine rings is 1. The fraction of sp³-hybridized carbons (Fsp3) is 0.462. The Morgan fingerprint density at radius 2 is 1.80 bits per heavy atom. The molecule has 0 N–H and O–H groups in total. The lowest BCUT2D eigenvalue weighted by atomic mass is 9.96. The van der Waals surface area contributed by atoms with E-state index < -0.39 is 0 Å². The SMILES string of the molecule is CC(=O)c1ccc(C(=Nc2ccccc2CCC2CCCCN2C)OC(C)C)cc1. The highest BCUT2D eigenvalue weighted by atomic mass is 16.5. The molecular weight excluding hydrogens is 372 g/mol. The second-order valence-electron chi connectivity index (χ2n) is 8.51. The maximum absolute atomic E-state index is 11.6. The lowest BCUT2D eigenvalue weighted by molar-refractivity contribution is 0.101. The van der Waals surface area contributed by atoms with Crippen molar-refractivity contribution in [2.45, 2.75) is 65.0 Å². The summed E-state index contributed by atoms with van der Waals surface area (Å²) in [5.74, 6) is 0.658. The Morgan fingerprint density at radius 1 is 1.10 bits per heavy atom. The molecule has 1 atom stereocenters. The number of benzene rings is 2. The monoisotopic (exact) mass is 406 g/mol. The average molecular weight is 407 g/mol. The molecule has 1 unspecified atom stereocenters. The van der Waals surface area contributed by atoms with Crippen LogP contribution in [0.5, 0.6) is 0 Å². The molecule has 0 bridgehead atoms. The van der Waals surface area contributed by atoms with Crippen molar-refractivity contribution in [3.63, 3.8) is 0 Å². The van der Waals surface area contributed by atoms with Crippen molar-refractivity contribution in [2.24, 2.45) is 4.99 Å². The molecule has 0 amide bonds. The Labute approximate surface area is 181 Å². The fourth-order valence-electron chi connectivity index (χ4n) is 4.00. The van der Waals surface area contributed by atoms with Gasteiger partial charge in [-0.3, -0.25) is 4.79 Å². The maximum atomic E-state index is 11.6. The van der Waals surface area contributed by atoms with Gasteiger partial charge in [0.05, 0.1) is 11.8 Å². The third kappa shape index (κ3) is 6.02. The number of likely N-dealkylation sites (tertiary alicyclic amines) is 1. The molecule has 2 aromatic rings. The molecule has 0 saturated carbocycles. The van der Waals surface area contributed by atoms with E-state index in [1.54, 1.807) is 6.92 Å². The van der Waals surface area contributed by atoms with Gasteiger partial charge >= 0.3 is 0 Å². The van der Waals surface area contributed by atoms with Crippen molar-refractivity contribution < 1.29 is 9.53 Å². The maximum Gasteiger partial charge on any atom is 0.221 e. The van der Waals surface area contributed by atoms with Crippen molar-refractivity contribution in [3.8, 4) is 0 Å². The van der Waals surface area contributed by atoms with Crippen molar-refractivity contribution in [1.82, 2.24) is 4.90 Å². The summed E-state index contributed by atoms with van der Waals surface area (Å²) in [5.41, 5.74) is 3.79. The first kappa shape index (κ1) is 22.2. The Hall–Kier alpha value is -2.46. The zero-order valence-corrected chi connectivity index (χ0v) is 18.7. The minimum absolute atomic E-state index is 0.0132. The van der Waals surface area contributed by atoms with Gasteiger partial charge in [-0.1, -0.05) is 36.8 Å². The number of carbonyl (C=O) groups excluding carboxylic acids is 1.